The highest BCUT2D eigenvalue weighted by Crippen LogP contribution is 2.30. The molecule has 1 aliphatic heterocycles. The normalized spacial score (nSPS) is 18.2. The molecule has 14 heteroatoms. The van der Waals surface area contributed by atoms with Gasteiger partial charge in [0.05, 0.1) is 42.7 Å². The molecule has 2 aromatic rings. The van der Waals surface area contributed by atoms with Gasteiger partial charge in [0.2, 0.25) is 29.5 Å². The van der Waals surface area contributed by atoms with E-state index in [1.54, 1.807) is 55.1 Å². The van der Waals surface area contributed by atoms with Crippen LogP contribution in [0.5, 0.6) is 0 Å². The first kappa shape index (κ1) is 49.8. The molecule has 0 aromatic heterocycles. The molecule has 6 unspecified atom stereocenters. The summed E-state index contributed by atoms with van der Waals surface area (Å²) in [4.78, 5) is 75.1. The van der Waals surface area contributed by atoms with E-state index in [2.05, 4.69) is 16.0 Å². The fourth-order valence-electron chi connectivity index (χ4n) is 8.57. The molecule has 1 fully saturated rings. The van der Waals surface area contributed by atoms with E-state index in [1.165, 1.54) is 7.11 Å². The van der Waals surface area contributed by atoms with Crippen molar-refractivity contribution >= 4 is 40.9 Å². The Kier molecular flexibility index (Phi) is 19.5. The van der Waals surface area contributed by atoms with Gasteiger partial charge in [-0.25, -0.2) is 0 Å². The van der Waals surface area contributed by atoms with Crippen molar-refractivity contribution in [3.8, 4) is 0 Å². The van der Waals surface area contributed by atoms with E-state index in [1.807, 2.05) is 90.9 Å². The molecule has 60 heavy (non-hydrogen) atoms. The van der Waals surface area contributed by atoms with Gasteiger partial charge in [-0.3, -0.25) is 28.9 Å². The van der Waals surface area contributed by atoms with Gasteiger partial charge in [0.1, 0.15) is 12.1 Å². The van der Waals surface area contributed by atoms with Gasteiger partial charge in [0.15, 0.2) is 0 Å². The SMILES string of the molecule is CCC(C)C(C(CC(=O)N1CCCC1[C@H](OC)C(C)C(=O)N[C@@H](Cc1ccccc1)C(=O)Nc1ccc(N)cc1)OC)N(C)C(=O)[C@@H](NC(=O)C(C(C)C)N(C)C)C(C)C. The van der Waals surface area contributed by atoms with Crippen molar-refractivity contribution in [3.63, 3.8) is 0 Å². The predicted octanol–water partition coefficient (Wildman–Crippen LogP) is 4.58. The fourth-order valence-corrected chi connectivity index (χ4v) is 8.57. The van der Waals surface area contributed by atoms with Crippen LogP contribution in [-0.4, -0.2) is 129 Å². The molecule has 1 saturated heterocycles. The number of nitrogens with zero attached hydrogens (tertiary/aromatic N) is 3. The van der Waals surface area contributed by atoms with Crippen LogP contribution < -0.4 is 21.7 Å². The Balaban J connectivity index is 1.81. The lowest BCUT2D eigenvalue weighted by Crippen LogP contribution is -2.59. The molecule has 14 nitrogen and oxygen atoms in total. The summed E-state index contributed by atoms with van der Waals surface area (Å²) < 4.78 is 12.1. The first-order chi connectivity index (χ1) is 28.4. The highest BCUT2D eigenvalue weighted by atomic mass is 16.5. The van der Waals surface area contributed by atoms with Gasteiger partial charge in [0.25, 0.3) is 0 Å². The number of nitrogens with one attached hydrogen (secondary N) is 3. The maximum absolute atomic E-state index is 14.4. The Morgan fingerprint density at radius 2 is 1.47 bits per heavy atom. The van der Waals surface area contributed by atoms with Crippen LogP contribution >= 0.6 is 0 Å². The maximum atomic E-state index is 14.4. The summed E-state index contributed by atoms with van der Waals surface area (Å²) in [5.41, 5.74) is 7.83. The van der Waals surface area contributed by atoms with E-state index in [9.17, 15) is 24.0 Å². The van der Waals surface area contributed by atoms with E-state index in [0.29, 0.717) is 24.3 Å². The van der Waals surface area contributed by atoms with Gasteiger partial charge in [-0.2, -0.15) is 0 Å². The molecular weight excluding hydrogens is 763 g/mol. The minimum absolute atomic E-state index is 0.00411. The third kappa shape index (κ3) is 13.2. The summed E-state index contributed by atoms with van der Waals surface area (Å²) in [6.45, 7) is 14.1. The molecule has 9 atom stereocenters. The number of rotatable bonds is 22. The van der Waals surface area contributed by atoms with Crippen molar-refractivity contribution in [1.82, 2.24) is 25.3 Å². The number of carbonyl (C=O) groups excluding carboxylic acids is 5. The Morgan fingerprint density at radius 1 is 0.833 bits per heavy atom. The van der Waals surface area contributed by atoms with Crippen LogP contribution in [0.1, 0.15) is 79.7 Å². The number of benzene rings is 2. The lowest BCUT2D eigenvalue weighted by molar-refractivity contribution is -0.148. The van der Waals surface area contributed by atoms with E-state index in [4.69, 9.17) is 15.2 Å². The summed E-state index contributed by atoms with van der Waals surface area (Å²) in [5, 5.41) is 8.91. The Bertz CT molecular complexity index is 1680. The number of likely N-dealkylation sites (tertiary alicyclic amines) is 1. The lowest BCUT2D eigenvalue weighted by atomic mass is 9.89. The zero-order chi connectivity index (χ0) is 44.8. The van der Waals surface area contributed by atoms with Crippen molar-refractivity contribution < 1.29 is 33.4 Å². The van der Waals surface area contributed by atoms with Gasteiger partial charge in [-0.15, -0.1) is 0 Å². The van der Waals surface area contributed by atoms with Gasteiger partial charge in [0, 0.05) is 45.6 Å². The zero-order valence-corrected chi connectivity index (χ0v) is 38.1. The Hall–Kier alpha value is -4.53. The molecule has 2 aromatic carbocycles. The van der Waals surface area contributed by atoms with E-state index < -0.39 is 48.3 Å². The Morgan fingerprint density at radius 3 is 2.00 bits per heavy atom. The number of ether oxygens (including phenoxy) is 2. The van der Waals surface area contributed by atoms with Crippen LogP contribution in [0.15, 0.2) is 54.6 Å². The second kappa shape index (κ2) is 23.5. The maximum Gasteiger partial charge on any atom is 0.247 e. The molecular formula is C46H73N7O7. The quantitative estimate of drug-likeness (QED) is 0.124. The standard InChI is InChI=1S/C46H73N7O7/c1-13-30(6)41(52(10)46(58)39(28(2)3)50-45(57)40(29(4)5)51(8)9)37(59-11)27-38(54)53-25-17-20-36(53)42(60-12)31(7)43(55)49-35(26-32-18-15-14-16-19-32)44(56)48-34-23-21-33(47)22-24-34/h14-16,18-19,21-24,28-31,35-37,39-42H,13,17,20,25-27,47H2,1-12H3,(H,48,56)(H,49,55)(H,50,57)/t30?,31?,35-,36?,37?,39-,40?,41?,42+/m0/s1. The van der Waals surface area contributed by atoms with Crippen LogP contribution in [0.4, 0.5) is 11.4 Å². The number of likely N-dealkylation sites (N-methyl/N-ethyl adjacent to an activating group) is 2. The third-order valence-electron chi connectivity index (χ3n) is 12.0. The van der Waals surface area contributed by atoms with Gasteiger partial charge in [-0.1, -0.05) is 85.2 Å². The monoisotopic (exact) mass is 836 g/mol. The zero-order valence-electron chi connectivity index (χ0n) is 38.1. The van der Waals surface area contributed by atoms with Crippen LogP contribution in [0.3, 0.4) is 0 Å². The molecule has 5 N–H and O–H groups in total. The molecule has 3 rings (SSSR count). The van der Waals surface area contributed by atoms with E-state index >= 15 is 0 Å². The van der Waals surface area contributed by atoms with Crippen LogP contribution in [0, 0.1) is 23.7 Å². The van der Waals surface area contributed by atoms with E-state index in [0.717, 1.165) is 18.4 Å². The third-order valence-corrected chi connectivity index (χ3v) is 12.0. The summed E-state index contributed by atoms with van der Waals surface area (Å²) in [7, 11) is 8.52. The smallest absolute Gasteiger partial charge is 0.247 e. The van der Waals surface area contributed by atoms with Crippen molar-refractivity contribution in [2.45, 2.75) is 123 Å². The molecule has 0 spiro atoms. The van der Waals surface area contributed by atoms with Crippen molar-refractivity contribution in [2.75, 3.05) is 53.0 Å². The summed E-state index contributed by atoms with van der Waals surface area (Å²) in [6.07, 6.45) is 0.994. The number of amides is 5. The van der Waals surface area contributed by atoms with Crippen molar-refractivity contribution in [2.24, 2.45) is 23.7 Å². The van der Waals surface area contributed by atoms with E-state index in [-0.39, 0.29) is 60.1 Å². The lowest BCUT2D eigenvalue weighted by Gasteiger charge is -2.41. The number of hydrogen-bond donors (Lipinski definition) is 4. The summed E-state index contributed by atoms with van der Waals surface area (Å²) >= 11 is 0. The predicted molar refractivity (Wildman–Crippen MR) is 237 cm³/mol. The number of anilines is 2. The number of nitrogen functional groups attached to an aromatic ring is 1. The van der Waals surface area contributed by atoms with Crippen LogP contribution in [0.2, 0.25) is 0 Å². The van der Waals surface area contributed by atoms with Crippen LogP contribution in [-0.2, 0) is 39.9 Å². The molecule has 5 amide bonds. The minimum Gasteiger partial charge on any atom is -0.399 e. The van der Waals surface area contributed by atoms with Crippen molar-refractivity contribution in [3.05, 3.63) is 60.2 Å². The highest BCUT2D eigenvalue weighted by Gasteiger charge is 2.43. The molecule has 334 valence electrons. The first-order valence-electron chi connectivity index (χ1n) is 21.5. The second-order valence-electron chi connectivity index (χ2n) is 17.3. The number of hydrogen-bond acceptors (Lipinski definition) is 9. The minimum atomic E-state index is -0.897. The molecule has 0 bridgehead atoms. The molecule has 0 aliphatic carbocycles. The summed E-state index contributed by atoms with van der Waals surface area (Å²) in [6, 6.07) is 13.3. The average molecular weight is 836 g/mol. The average Bonchev–Trinajstić information content (AvgIpc) is 3.69. The van der Waals surface area contributed by atoms with Gasteiger partial charge >= 0.3 is 0 Å². The van der Waals surface area contributed by atoms with Gasteiger partial charge < -0.3 is 41.0 Å². The fraction of sp³-hybridized carbons (Fsp3) is 0.630. The number of methoxy groups -OCH3 is 2. The number of carbonyl (C=O) groups is 5. The topological polar surface area (TPSA) is 176 Å². The number of nitrogens with two attached hydrogens (primary N) is 1. The van der Waals surface area contributed by atoms with Crippen molar-refractivity contribution in [1.29, 1.82) is 0 Å². The molecule has 0 saturated carbocycles. The summed E-state index contributed by atoms with van der Waals surface area (Å²) in [5.74, 6) is -2.31. The largest absolute Gasteiger partial charge is 0.399 e. The second-order valence-corrected chi connectivity index (χ2v) is 17.3. The molecule has 1 aliphatic rings. The Labute approximate surface area is 358 Å². The molecule has 1 heterocycles. The highest BCUT2D eigenvalue weighted by molar-refractivity contribution is 5.98. The first-order valence-corrected chi connectivity index (χ1v) is 21.5. The van der Waals surface area contributed by atoms with Crippen LogP contribution in [0.25, 0.3) is 0 Å². The van der Waals surface area contributed by atoms with Gasteiger partial charge in [-0.05, 0) is 74.5 Å². The molecule has 0 radical (unpaired) electrons.